The molecule has 1 heterocycles. The number of carboxylic acids is 1. The average Bonchev–Trinajstić information content (AvgIpc) is 2.77. The molecule has 0 bridgehead atoms. The molecule has 0 fully saturated rings. The summed E-state index contributed by atoms with van der Waals surface area (Å²) >= 11 is 0. The molecule has 0 aliphatic carbocycles. The maximum Gasteiger partial charge on any atom is 0.349 e. The Bertz CT molecular complexity index is 466. The summed E-state index contributed by atoms with van der Waals surface area (Å²) in [6, 6.07) is -0.496. The van der Waals surface area contributed by atoms with Crippen LogP contribution in [0.2, 0.25) is 0 Å². The van der Waals surface area contributed by atoms with Gasteiger partial charge in [-0.2, -0.15) is 0 Å². The minimum absolute atomic E-state index is 0.496. The lowest BCUT2D eigenvalue weighted by atomic mass is 10.1. The second-order valence-corrected chi connectivity index (χ2v) is 6.39. The Kier molecular flexibility index (Phi) is 8.21. The van der Waals surface area contributed by atoms with Crippen LogP contribution in [0.15, 0.2) is 6.20 Å². The summed E-state index contributed by atoms with van der Waals surface area (Å²) in [7, 11) is 2.03. The quantitative estimate of drug-likeness (QED) is 0.497. The highest BCUT2D eigenvalue weighted by Crippen LogP contribution is 2.12. The molecule has 4 heteroatoms. The van der Waals surface area contributed by atoms with Gasteiger partial charge in [0.05, 0.1) is 7.05 Å². The number of carboxylic acid groups (broad SMARTS) is 1. The smallest absolute Gasteiger partial charge is 0.349 e. The molecule has 1 unspecified atom stereocenters. The van der Waals surface area contributed by atoms with Crippen LogP contribution in [0.4, 0.5) is 0 Å². The van der Waals surface area contributed by atoms with Gasteiger partial charge in [-0.1, -0.05) is 51.9 Å². The van der Waals surface area contributed by atoms with Crippen LogP contribution in [0.25, 0.3) is 0 Å². The largest absolute Gasteiger partial charge is 0.478 e. The van der Waals surface area contributed by atoms with E-state index >= 15 is 0 Å². The number of aromatic nitrogens is 2. The lowest BCUT2D eigenvalue weighted by molar-refractivity contribution is -0.714. The van der Waals surface area contributed by atoms with Crippen LogP contribution in [0.3, 0.4) is 0 Å². The zero-order chi connectivity index (χ0) is 16.5. The number of imidazole rings is 1. The van der Waals surface area contributed by atoms with Gasteiger partial charge in [0.1, 0.15) is 11.9 Å². The monoisotopic (exact) mass is 309 g/mol. The molecular weight excluding hydrogens is 276 g/mol. The third-order valence-corrected chi connectivity index (χ3v) is 4.57. The van der Waals surface area contributed by atoms with Gasteiger partial charge >= 0.3 is 5.97 Å². The molecule has 1 rings (SSSR count). The highest BCUT2D eigenvalue weighted by molar-refractivity contribution is 5.69. The van der Waals surface area contributed by atoms with Crippen molar-refractivity contribution in [3.05, 3.63) is 17.7 Å². The van der Waals surface area contributed by atoms with Gasteiger partial charge in [0.25, 0.3) is 5.82 Å². The summed E-state index contributed by atoms with van der Waals surface area (Å²) in [6.07, 6.45) is 13.3. The van der Waals surface area contributed by atoms with Crippen LogP contribution in [-0.4, -0.2) is 15.6 Å². The SMILES string of the molecule is CCCCCCCCCCc1n(C)c(C)c[n+]1C(C)C(=O)O. The minimum Gasteiger partial charge on any atom is -0.478 e. The number of hydrogen-bond donors (Lipinski definition) is 1. The van der Waals surface area contributed by atoms with Gasteiger partial charge in [0, 0.05) is 13.3 Å². The second kappa shape index (κ2) is 9.65. The van der Waals surface area contributed by atoms with Crippen LogP contribution in [0.1, 0.15) is 82.8 Å². The summed E-state index contributed by atoms with van der Waals surface area (Å²) in [5, 5.41) is 9.24. The lowest BCUT2D eigenvalue weighted by Gasteiger charge is -2.07. The first-order chi connectivity index (χ1) is 10.5. The maximum absolute atomic E-state index is 11.2. The third-order valence-electron chi connectivity index (χ3n) is 4.57. The standard InChI is InChI=1S/C18H32N2O2/c1-5-6-7-8-9-10-11-12-13-17-19(4)15(2)14-20(17)16(3)18(21)22/h14,16H,5-13H2,1-4H3/p+1. The van der Waals surface area contributed by atoms with E-state index in [1.165, 1.54) is 44.9 Å². The van der Waals surface area contributed by atoms with E-state index in [2.05, 4.69) is 11.5 Å². The first-order valence-electron chi connectivity index (χ1n) is 8.78. The molecule has 4 nitrogen and oxygen atoms in total. The Balaban J connectivity index is 2.43. The summed E-state index contributed by atoms with van der Waals surface area (Å²) < 4.78 is 4.04. The predicted octanol–water partition coefficient (Wildman–Crippen LogP) is 3.95. The van der Waals surface area contributed by atoms with E-state index in [9.17, 15) is 9.90 Å². The maximum atomic E-state index is 11.2. The number of carbonyl (C=O) groups is 1. The van der Waals surface area contributed by atoms with Crippen molar-refractivity contribution in [2.45, 2.75) is 84.6 Å². The van der Waals surface area contributed by atoms with E-state index in [-0.39, 0.29) is 0 Å². The molecule has 0 amide bonds. The summed E-state index contributed by atoms with van der Waals surface area (Å²) in [5.41, 5.74) is 1.11. The van der Waals surface area contributed by atoms with Crippen molar-refractivity contribution in [1.82, 2.24) is 4.57 Å². The van der Waals surface area contributed by atoms with E-state index in [0.29, 0.717) is 0 Å². The number of aryl methyl sites for hydroxylation is 1. The Morgan fingerprint density at radius 2 is 1.73 bits per heavy atom. The van der Waals surface area contributed by atoms with Crippen molar-refractivity contribution in [2.24, 2.45) is 7.05 Å². The van der Waals surface area contributed by atoms with E-state index in [4.69, 9.17) is 0 Å². The first kappa shape index (κ1) is 18.7. The topological polar surface area (TPSA) is 46.1 Å². The van der Waals surface area contributed by atoms with Gasteiger partial charge in [-0.3, -0.25) is 0 Å². The Morgan fingerprint density at radius 3 is 2.27 bits per heavy atom. The summed E-state index contributed by atoms with van der Waals surface area (Å²) in [5.74, 6) is 0.353. The van der Waals surface area contributed by atoms with Crippen LogP contribution in [0, 0.1) is 6.92 Å². The Labute approximate surface area is 135 Å². The van der Waals surface area contributed by atoms with E-state index in [1.807, 2.05) is 24.7 Å². The molecule has 0 aromatic carbocycles. The number of unbranched alkanes of at least 4 members (excludes halogenated alkanes) is 7. The molecule has 0 aliphatic heterocycles. The molecule has 0 saturated heterocycles. The van der Waals surface area contributed by atoms with Crippen molar-refractivity contribution >= 4 is 5.97 Å². The normalized spacial score (nSPS) is 12.5. The zero-order valence-corrected chi connectivity index (χ0v) is 14.8. The molecule has 1 aromatic heterocycles. The molecular formula is C18H33N2O2+. The average molecular weight is 309 g/mol. The number of aliphatic carboxylic acids is 1. The number of nitrogens with zero attached hydrogens (tertiary/aromatic N) is 2. The molecule has 22 heavy (non-hydrogen) atoms. The Hall–Kier alpha value is -1.32. The van der Waals surface area contributed by atoms with Crippen LogP contribution in [-0.2, 0) is 18.3 Å². The second-order valence-electron chi connectivity index (χ2n) is 6.39. The lowest BCUT2D eigenvalue weighted by Crippen LogP contribution is -2.44. The molecule has 1 atom stereocenters. The number of hydrogen-bond acceptors (Lipinski definition) is 1. The van der Waals surface area contributed by atoms with Crippen molar-refractivity contribution in [2.75, 3.05) is 0 Å². The highest BCUT2D eigenvalue weighted by atomic mass is 16.4. The minimum atomic E-state index is -0.771. The van der Waals surface area contributed by atoms with Crippen LogP contribution in [0.5, 0.6) is 0 Å². The highest BCUT2D eigenvalue weighted by Gasteiger charge is 2.26. The van der Waals surface area contributed by atoms with Gasteiger partial charge in [-0.25, -0.2) is 13.9 Å². The molecule has 0 spiro atoms. The first-order valence-corrected chi connectivity index (χ1v) is 8.78. The summed E-state index contributed by atoms with van der Waals surface area (Å²) in [6.45, 7) is 6.02. The summed E-state index contributed by atoms with van der Waals surface area (Å²) in [4.78, 5) is 11.2. The fourth-order valence-electron chi connectivity index (χ4n) is 2.91. The molecule has 0 saturated carbocycles. The van der Waals surface area contributed by atoms with Crippen molar-refractivity contribution in [3.8, 4) is 0 Å². The molecule has 1 N–H and O–H groups in total. The van der Waals surface area contributed by atoms with Crippen LogP contribution < -0.4 is 4.57 Å². The number of rotatable bonds is 11. The molecule has 126 valence electrons. The van der Waals surface area contributed by atoms with Crippen molar-refractivity contribution in [3.63, 3.8) is 0 Å². The zero-order valence-electron chi connectivity index (χ0n) is 14.8. The van der Waals surface area contributed by atoms with Crippen LogP contribution >= 0.6 is 0 Å². The Morgan fingerprint density at radius 1 is 1.18 bits per heavy atom. The molecule has 0 aliphatic rings. The van der Waals surface area contributed by atoms with Gasteiger partial charge in [-0.15, -0.1) is 0 Å². The van der Waals surface area contributed by atoms with E-state index < -0.39 is 12.0 Å². The van der Waals surface area contributed by atoms with E-state index in [1.54, 1.807) is 6.92 Å². The van der Waals surface area contributed by atoms with Gasteiger partial charge in [-0.05, 0) is 13.3 Å². The fourth-order valence-corrected chi connectivity index (χ4v) is 2.91. The van der Waals surface area contributed by atoms with Gasteiger partial charge < -0.3 is 5.11 Å². The third kappa shape index (κ3) is 5.47. The molecule has 1 aromatic rings. The fraction of sp³-hybridized carbons (Fsp3) is 0.778. The van der Waals surface area contributed by atoms with Crippen molar-refractivity contribution in [1.29, 1.82) is 0 Å². The molecule has 0 radical (unpaired) electrons. The van der Waals surface area contributed by atoms with Crippen molar-refractivity contribution < 1.29 is 14.5 Å². The van der Waals surface area contributed by atoms with E-state index in [0.717, 1.165) is 24.4 Å². The van der Waals surface area contributed by atoms with Gasteiger partial charge in [0.15, 0.2) is 6.04 Å². The predicted molar refractivity (Wildman–Crippen MR) is 89.0 cm³/mol. The van der Waals surface area contributed by atoms with Gasteiger partial charge in [0.2, 0.25) is 0 Å².